The molecule has 0 aromatic heterocycles. The molecule has 4 nitrogen and oxygen atoms in total. The number of phenolic OH excluding ortho intramolecular Hbond substituents is 1. The van der Waals surface area contributed by atoms with Crippen LogP contribution in [0.3, 0.4) is 0 Å². The van der Waals surface area contributed by atoms with Crippen LogP contribution in [-0.4, -0.2) is 16.1 Å². The Morgan fingerprint density at radius 1 is 1.13 bits per heavy atom. The van der Waals surface area contributed by atoms with E-state index >= 15 is 0 Å². The highest BCUT2D eigenvalue weighted by Crippen LogP contribution is 2.25. The van der Waals surface area contributed by atoms with Crippen LogP contribution in [0.4, 0.5) is 5.69 Å². The second-order valence-corrected chi connectivity index (χ2v) is 5.88. The van der Waals surface area contributed by atoms with Gasteiger partial charge in [-0.25, -0.2) is 0 Å². The van der Waals surface area contributed by atoms with E-state index in [-0.39, 0.29) is 11.7 Å². The number of anilines is 1. The van der Waals surface area contributed by atoms with Gasteiger partial charge in [0.1, 0.15) is 11.4 Å². The summed E-state index contributed by atoms with van der Waals surface area (Å²) in [5.74, 6) is -0.0556. The van der Waals surface area contributed by atoms with E-state index in [9.17, 15) is 9.90 Å². The van der Waals surface area contributed by atoms with Crippen molar-refractivity contribution in [1.29, 1.82) is 0 Å². The summed E-state index contributed by atoms with van der Waals surface area (Å²) in [4.78, 5) is 14.1. The maximum Gasteiger partial charge on any atom is 0.281 e. The Labute approximate surface area is 140 Å². The number of nitrogens with zero attached hydrogens (tertiary/aromatic N) is 1. The Morgan fingerprint density at radius 3 is 2.61 bits per heavy atom. The Morgan fingerprint density at radius 2 is 1.91 bits per heavy atom. The lowest BCUT2D eigenvalue weighted by atomic mass is 10.1. The van der Waals surface area contributed by atoms with Crippen molar-refractivity contribution in [2.45, 2.75) is 13.8 Å². The summed E-state index contributed by atoms with van der Waals surface area (Å²) in [6.07, 6.45) is 1.68. The zero-order valence-electron chi connectivity index (χ0n) is 12.8. The van der Waals surface area contributed by atoms with E-state index in [1.54, 1.807) is 24.3 Å². The molecule has 1 aliphatic rings. The van der Waals surface area contributed by atoms with Crippen molar-refractivity contribution in [3.8, 4) is 5.75 Å². The molecule has 0 atom stereocenters. The number of carbonyl (C=O) groups excluding carboxylic acids is 1. The molecule has 1 aliphatic heterocycles. The van der Waals surface area contributed by atoms with Gasteiger partial charge in [-0.2, -0.15) is 0 Å². The highest BCUT2D eigenvalue weighted by atomic mass is 32.1. The zero-order chi connectivity index (χ0) is 16.6. The third-order valence-electron chi connectivity index (χ3n) is 3.81. The topological polar surface area (TPSA) is 52.6 Å². The molecule has 2 N–H and O–H groups in total. The monoisotopic (exact) mass is 324 g/mol. The van der Waals surface area contributed by atoms with E-state index in [0.717, 1.165) is 22.4 Å². The number of benzene rings is 2. The Balaban J connectivity index is 1.95. The fourth-order valence-corrected chi connectivity index (χ4v) is 2.71. The zero-order valence-corrected chi connectivity index (χ0v) is 13.6. The molecule has 116 valence electrons. The first-order chi connectivity index (χ1) is 11.0. The molecule has 0 aliphatic carbocycles. The highest BCUT2D eigenvalue weighted by molar-refractivity contribution is 7.80. The van der Waals surface area contributed by atoms with E-state index in [4.69, 9.17) is 12.2 Å². The molecule has 1 fully saturated rings. The lowest BCUT2D eigenvalue weighted by molar-refractivity contribution is -0.113. The molecule has 1 heterocycles. The molecule has 1 amide bonds. The van der Waals surface area contributed by atoms with Gasteiger partial charge in [0.05, 0.1) is 5.69 Å². The fourth-order valence-electron chi connectivity index (χ4n) is 2.42. The molecule has 0 radical (unpaired) electrons. The minimum atomic E-state index is -0.207. The summed E-state index contributed by atoms with van der Waals surface area (Å²) in [6.45, 7) is 4.02. The van der Waals surface area contributed by atoms with Crippen molar-refractivity contribution in [1.82, 2.24) is 5.32 Å². The molecular weight excluding hydrogens is 308 g/mol. The average molecular weight is 324 g/mol. The Kier molecular flexibility index (Phi) is 3.88. The van der Waals surface area contributed by atoms with E-state index in [0.29, 0.717) is 10.8 Å². The number of phenols is 1. The predicted molar refractivity (Wildman–Crippen MR) is 95.2 cm³/mol. The summed E-state index contributed by atoms with van der Waals surface area (Å²) in [5, 5.41) is 12.8. The van der Waals surface area contributed by atoms with E-state index in [1.807, 2.05) is 38.1 Å². The summed E-state index contributed by atoms with van der Waals surface area (Å²) < 4.78 is 0. The average Bonchev–Trinajstić information content (AvgIpc) is 2.77. The summed E-state index contributed by atoms with van der Waals surface area (Å²) in [7, 11) is 0. The highest BCUT2D eigenvalue weighted by Gasteiger charge is 2.32. The minimum Gasteiger partial charge on any atom is -0.508 e. The van der Waals surface area contributed by atoms with Gasteiger partial charge in [-0.05, 0) is 73.1 Å². The molecule has 2 aromatic carbocycles. The Bertz CT molecular complexity index is 843. The first-order valence-corrected chi connectivity index (χ1v) is 7.60. The molecule has 23 heavy (non-hydrogen) atoms. The summed E-state index contributed by atoms with van der Waals surface area (Å²) >= 11 is 5.30. The molecule has 0 unspecified atom stereocenters. The van der Waals surface area contributed by atoms with Crippen LogP contribution in [0.2, 0.25) is 0 Å². The second-order valence-electron chi connectivity index (χ2n) is 5.49. The van der Waals surface area contributed by atoms with Crippen LogP contribution < -0.4 is 10.2 Å². The van der Waals surface area contributed by atoms with Crippen molar-refractivity contribution in [2.75, 3.05) is 4.90 Å². The maximum absolute atomic E-state index is 12.6. The van der Waals surface area contributed by atoms with Crippen LogP contribution in [-0.2, 0) is 4.79 Å². The third kappa shape index (κ3) is 2.96. The summed E-state index contributed by atoms with van der Waals surface area (Å²) in [5.41, 5.74) is 4.12. The van der Waals surface area contributed by atoms with E-state index in [2.05, 4.69) is 5.32 Å². The van der Waals surface area contributed by atoms with Gasteiger partial charge in [0, 0.05) is 0 Å². The smallest absolute Gasteiger partial charge is 0.281 e. The molecule has 5 heteroatoms. The van der Waals surface area contributed by atoms with Gasteiger partial charge in [0.15, 0.2) is 5.11 Å². The number of thiocarbonyl (C=S) groups is 1. The van der Waals surface area contributed by atoms with Gasteiger partial charge in [-0.3, -0.25) is 9.69 Å². The third-order valence-corrected chi connectivity index (χ3v) is 4.09. The van der Waals surface area contributed by atoms with Crippen LogP contribution in [0, 0.1) is 13.8 Å². The van der Waals surface area contributed by atoms with Crippen LogP contribution in [0.5, 0.6) is 5.75 Å². The van der Waals surface area contributed by atoms with Crippen molar-refractivity contribution in [3.05, 3.63) is 64.9 Å². The fraction of sp³-hybridized carbons (Fsp3) is 0.111. The van der Waals surface area contributed by atoms with Crippen molar-refractivity contribution in [3.63, 3.8) is 0 Å². The number of hydrogen-bond acceptors (Lipinski definition) is 3. The van der Waals surface area contributed by atoms with Gasteiger partial charge < -0.3 is 10.4 Å². The Hall–Kier alpha value is -2.66. The largest absolute Gasteiger partial charge is 0.508 e. The molecule has 0 saturated carbocycles. The van der Waals surface area contributed by atoms with E-state index < -0.39 is 0 Å². The number of aromatic hydroxyl groups is 1. The van der Waals surface area contributed by atoms with Crippen molar-refractivity contribution >= 4 is 35.0 Å². The first-order valence-electron chi connectivity index (χ1n) is 7.19. The number of hydrogen-bond donors (Lipinski definition) is 2. The number of amides is 1. The number of rotatable bonds is 2. The molecule has 2 aromatic rings. The van der Waals surface area contributed by atoms with Gasteiger partial charge in [-0.15, -0.1) is 0 Å². The second kappa shape index (κ2) is 5.85. The molecule has 0 bridgehead atoms. The number of aryl methyl sites for hydroxylation is 2. The minimum absolute atomic E-state index is 0.151. The van der Waals surface area contributed by atoms with Crippen LogP contribution in [0.25, 0.3) is 6.08 Å². The molecule has 1 saturated heterocycles. The quantitative estimate of drug-likeness (QED) is 0.657. The molecule has 3 rings (SSSR count). The van der Waals surface area contributed by atoms with Gasteiger partial charge in [0.2, 0.25) is 0 Å². The van der Waals surface area contributed by atoms with Gasteiger partial charge >= 0.3 is 0 Å². The standard InChI is InChI=1S/C18H16N2O2S/c1-11-6-7-14(8-12(11)2)20-17(22)16(19-18(20)23)10-13-4-3-5-15(21)9-13/h3-10,21H,1-2H3,(H,19,23)/b16-10+. The SMILES string of the molecule is Cc1ccc(N2C(=O)/C(=C\c3cccc(O)c3)NC2=S)cc1C. The van der Waals surface area contributed by atoms with Crippen LogP contribution >= 0.6 is 12.2 Å². The van der Waals surface area contributed by atoms with Crippen molar-refractivity contribution in [2.24, 2.45) is 0 Å². The van der Waals surface area contributed by atoms with Gasteiger partial charge in [0.25, 0.3) is 5.91 Å². The molecule has 0 spiro atoms. The number of nitrogens with one attached hydrogen (secondary N) is 1. The lowest BCUT2D eigenvalue weighted by Crippen LogP contribution is -2.30. The maximum atomic E-state index is 12.6. The predicted octanol–water partition coefficient (Wildman–Crippen LogP) is 3.27. The first kappa shape index (κ1) is 15.2. The number of carbonyl (C=O) groups is 1. The molecular formula is C18H16N2O2S. The lowest BCUT2D eigenvalue weighted by Gasteiger charge is -2.15. The van der Waals surface area contributed by atoms with Crippen LogP contribution in [0.15, 0.2) is 48.2 Å². The van der Waals surface area contributed by atoms with Crippen LogP contribution in [0.1, 0.15) is 16.7 Å². The van der Waals surface area contributed by atoms with Crippen molar-refractivity contribution < 1.29 is 9.90 Å². The normalized spacial score (nSPS) is 16.1. The van der Waals surface area contributed by atoms with E-state index in [1.165, 1.54) is 4.90 Å². The van der Waals surface area contributed by atoms with Gasteiger partial charge in [-0.1, -0.05) is 18.2 Å². The summed E-state index contributed by atoms with van der Waals surface area (Å²) in [6, 6.07) is 12.5.